The largest absolute Gasteiger partial charge is 0.495 e. The van der Waals surface area contributed by atoms with Gasteiger partial charge in [0.2, 0.25) is 5.91 Å². The maximum Gasteiger partial charge on any atom is 0.221 e. The van der Waals surface area contributed by atoms with E-state index in [1.165, 1.54) is 6.92 Å². The summed E-state index contributed by atoms with van der Waals surface area (Å²) in [5.74, 6) is 0.482. The standard InChI is InChI=1S/C12H15N3O2/c1-8(7-13)14-11-6-10(15-9(2)16)4-5-12(11)17-3/h4-6,8,14H,1-3H3,(H,15,16). The Morgan fingerprint density at radius 1 is 1.53 bits per heavy atom. The number of ether oxygens (including phenoxy) is 1. The molecular formula is C12H15N3O2. The van der Waals surface area contributed by atoms with E-state index in [0.29, 0.717) is 17.1 Å². The van der Waals surface area contributed by atoms with Gasteiger partial charge in [0.05, 0.1) is 18.9 Å². The van der Waals surface area contributed by atoms with Crippen molar-refractivity contribution in [1.29, 1.82) is 5.26 Å². The highest BCUT2D eigenvalue weighted by Crippen LogP contribution is 2.28. The summed E-state index contributed by atoms with van der Waals surface area (Å²) in [4.78, 5) is 10.9. The summed E-state index contributed by atoms with van der Waals surface area (Å²) in [7, 11) is 1.55. The van der Waals surface area contributed by atoms with Crippen molar-refractivity contribution < 1.29 is 9.53 Å². The number of carbonyl (C=O) groups is 1. The van der Waals surface area contributed by atoms with E-state index in [1.54, 1.807) is 32.2 Å². The molecule has 90 valence electrons. The van der Waals surface area contributed by atoms with Gasteiger partial charge in [-0.2, -0.15) is 5.26 Å². The molecule has 1 unspecified atom stereocenters. The number of hydrogen-bond donors (Lipinski definition) is 2. The first-order valence-electron chi connectivity index (χ1n) is 5.18. The second kappa shape index (κ2) is 5.75. The molecule has 1 aromatic carbocycles. The molecule has 0 saturated heterocycles. The number of nitrogens with zero attached hydrogens (tertiary/aromatic N) is 1. The van der Waals surface area contributed by atoms with Gasteiger partial charge in [0.1, 0.15) is 11.8 Å². The predicted octanol–water partition coefficient (Wildman–Crippen LogP) is 1.98. The van der Waals surface area contributed by atoms with Crippen molar-refractivity contribution in [3.8, 4) is 11.8 Å². The number of anilines is 2. The van der Waals surface area contributed by atoms with E-state index in [0.717, 1.165) is 0 Å². The van der Waals surface area contributed by atoms with Crippen LogP contribution in [0.5, 0.6) is 5.75 Å². The van der Waals surface area contributed by atoms with Crippen LogP contribution in [-0.2, 0) is 4.79 Å². The van der Waals surface area contributed by atoms with Crippen molar-refractivity contribution in [2.75, 3.05) is 17.7 Å². The number of methoxy groups -OCH3 is 1. The highest BCUT2D eigenvalue weighted by atomic mass is 16.5. The van der Waals surface area contributed by atoms with Crippen LogP contribution in [0, 0.1) is 11.3 Å². The molecule has 1 rings (SSSR count). The predicted molar refractivity (Wildman–Crippen MR) is 66.0 cm³/mol. The molecule has 1 atom stereocenters. The molecule has 0 saturated carbocycles. The second-order valence-electron chi connectivity index (χ2n) is 3.59. The molecule has 5 nitrogen and oxygen atoms in total. The minimum absolute atomic E-state index is 0.144. The third kappa shape index (κ3) is 3.68. The van der Waals surface area contributed by atoms with Crippen molar-refractivity contribution in [3.05, 3.63) is 18.2 Å². The Kier molecular flexibility index (Phi) is 4.35. The zero-order chi connectivity index (χ0) is 12.8. The van der Waals surface area contributed by atoms with E-state index in [2.05, 4.69) is 16.7 Å². The van der Waals surface area contributed by atoms with Crippen LogP contribution in [0.4, 0.5) is 11.4 Å². The molecule has 0 aliphatic carbocycles. The zero-order valence-electron chi connectivity index (χ0n) is 10.1. The van der Waals surface area contributed by atoms with E-state index in [-0.39, 0.29) is 11.9 Å². The highest BCUT2D eigenvalue weighted by molar-refractivity contribution is 5.89. The summed E-state index contributed by atoms with van der Waals surface area (Å²) in [6.45, 7) is 3.18. The Hall–Kier alpha value is -2.22. The lowest BCUT2D eigenvalue weighted by Crippen LogP contribution is -2.13. The number of rotatable bonds is 4. The van der Waals surface area contributed by atoms with Crippen molar-refractivity contribution in [1.82, 2.24) is 0 Å². The molecule has 0 radical (unpaired) electrons. The monoisotopic (exact) mass is 233 g/mol. The molecule has 1 aromatic rings. The normalized spacial score (nSPS) is 11.2. The third-order valence-corrected chi connectivity index (χ3v) is 2.09. The van der Waals surface area contributed by atoms with Gasteiger partial charge < -0.3 is 15.4 Å². The topological polar surface area (TPSA) is 74.2 Å². The van der Waals surface area contributed by atoms with Gasteiger partial charge in [-0.1, -0.05) is 0 Å². The molecule has 0 aliphatic rings. The second-order valence-corrected chi connectivity index (χ2v) is 3.59. The molecule has 5 heteroatoms. The molecule has 17 heavy (non-hydrogen) atoms. The van der Waals surface area contributed by atoms with Gasteiger partial charge in [-0.15, -0.1) is 0 Å². The summed E-state index contributed by atoms with van der Waals surface area (Å²) >= 11 is 0. The minimum Gasteiger partial charge on any atom is -0.495 e. The smallest absolute Gasteiger partial charge is 0.221 e. The Labute approximate surface area is 100 Å². The van der Waals surface area contributed by atoms with E-state index in [1.807, 2.05) is 0 Å². The average molecular weight is 233 g/mol. The SMILES string of the molecule is COc1ccc(NC(C)=O)cc1NC(C)C#N. The van der Waals surface area contributed by atoms with Crippen LogP contribution in [0.2, 0.25) is 0 Å². The van der Waals surface area contributed by atoms with Crippen LogP contribution >= 0.6 is 0 Å². The van der Waals surface area contributed by atoms with Gasteiger partial charge in [0, 0.05) is 12.6 Å². The number of carbonyl (C=O) groups excluding carboxylic acids is 1. The molecule has 1 amide bonds. The fourth-order valence-corrected chi connectivity index (χ4v) is 1.37. The first kappa shape index (κ1) is 12.8. The fraction of sp³-hybridized carbons (Fsp3) is 0.333. The van der Waals surface area contributed by atoms with Crippen LogP contribution in [0.3, 0.4) is 0 Å². The molecule has 0 bridgehead atoms. The van der Waals surface area contributed by atoms with Crippen LogP contribution in [0.25, 0.3) is 0 Å². The molecule has 0 fully saturated rings. The number of hydrogen-bond acceptors (Lipinski definition) is 4. The first-order valence-corrected chi connectivity index (χ1v) is 5.18. The Morgan fingerprint density at radius 3 is 2.76 bits per heavy atom. The molecule has 0 heterocycles. The Morgan fingerprint density at radius 2 is 2.24 bits per heavy atom. The van der Waals surface area contributed by atoms with Crippen LogP contribution in [0.15, 0.2) is 18.2 Å². The summed E-state index contributed by atoms with van der Waals surface area (Å²) in [6.07, 6.45) is 0. The van der Waals surface area contributed by atoms with Gasteiger partial charge >= 0.3 is 0 Å². The van der Waals surface area contributed by atoms with Crippen molar-refractivity contribution in [2.45, 2.75) is 19.9 Å². The van der Waals surface area contributed by atoms with Crippen LogP contribution in [0.1, 0.15) is 13.8 Å². The van der Waals surface area contributed by atoms with E-state index in [4.69, 9.17) is 10.00 Å². The Bertz CT molecular complexity index is 452. The number of amides is 1. The van der Waals surface area contributed by atoms with E-state index >= 15 is 0 Å². The molecule has 0 aromatic heterocycles. The van der Waals surface area contributed by atoms with E-state index in [9.17, 15) is 4.79 Å². The number of nitriles is 1. The quantitative estimate of drug-likeness (QED) is 0.833. The Balaban J connectivity index is 2.98. The summed E-state index contributed by atoms with van der Waals surface area (Å²) in [6, 6.07) is 6.94. The van der Waals surface area contributed by atoms with Gasteiger partial charge in [-0.05, 0) is 25.1 Å². The lowest BCUT2D eigenvalue weighted by Gasteiger charge is -2.14. The minimum atomic E-state index is -0.337. The van der Waals surface area contributed by atoms with Gasteiger partial charge in [-0.25, -0.2) is 0 Å². The van der Waals surface area contributed by atoms with Gasteiger partial charge in [0.15, 0.2) is 0 Å². The lowest BCUT2D eigenvalue weighted by atomic mass is 10.2. The maximum absolute atomic E-state index is 10.9. The number of nitrogens with one attached hydrogen (secondary N) is 2. The summed E-state index contributed by atoms with van der Waals surface area (Å²) in [5, 5.41) is 14.4. The molecule has 2 N–H and O–H groups in total. The first-order chi connectivity index (χ1) is 8.06. The van der Waals surface area contributed by atoms with Crippen molar-refractivity contribution in [2.24, 2.45) is 0 Å². The average Bonchev–Trinajstić information content (AvgIpc) is 2.28. The maximum atomic E-state index is 10.9. The third-order valence-electron chi connectivity index (χ3n) is 2.09. The van der Waals surface area contributed by atoms with Crippen molar-refractivity contribution >= 4 is 17.3 Å². The lowest BCUT2D eigenvalue weighted by molar-refractivity contribution is -0.114. The summed E-state index contributed by atoms with van der Waals surface area (Å²) in [5.41, 5.74) is 1.33. The fourth-order valence-electron chi connectivity index (χ4n) is 1.37. The molecule has 0 aliphatic heterocycles. The summed E-state index contributed by atoms with van der Waals surface area (Å²) < 4.78 is 5.17. The van der Waals surface area contributed by atoms with Gasteiger partial charge in [-0.3, -0.25) is 4.79 Å². The van der Waals surface area contributed by atoms with Crippen LogP contribution < -0.4 is 15.4 Å². The molecular weight excluding hydrogens is 218 g/mol. The van der Waals surface area contributed by atoms with Crippen molar-refractivity contribution in [3.63, 3.8) is 0 Å². The molecule has 0 spiro atoms. The van der Waals surface area contributed by atoms with Gasteiger partial charge in [0.25, 0.3) is 0 Å². The van der Waals surface area contributed by atoms with E-state index < -0.39 is 0 Å². The number of benzene rings is 1. The zero-order valence-corrected chi connectivity index (χ0v) is 10.1. The van der Waals surface area contributed by atoms with Crippen LogP contribution in [-0.4, -0.2) is 19.1 Å². The highest BCUT2D eigenvalue weighted by Gasteiger charge is 2.07.